The van der Waals surface area contributed by atoms with E-state index in [-0.39, 0.29) is 0 Å². The van der Waals surface area contributed by atoms with Crippen molar-refractivity contribution in [3.05, 3.63) is 88.6 Å². The van der Waals surface area contributed by atoms with Crippen molar-refractivity contribution in [2.75, 3.05) is 0 Å². The lowest BCUT2D eigenvalue weighted by molar-refractivity contribution is 0.425. The SMILES string of the molecule is Clc1ccc(-c2nnc(SCc3noc(-c4ccccc4Cl)n3)n2Cc2ccco2)cc1. The predicted molar refractivity (Wildman–Crippen MR) is 123 cm³/mol. The van der Waals surface area contributed by atoms with Crippen LogP contribution in [0.3, 0.4) is 0 Å². The van der Waals surface area contributed by atoms with Crippen LogP contribution in [0.1, 0.15) is 11.6 Å². The maximum absolute atomic E-state index is 6.23. The molecule has 0 atom stereocenters. The van der Waals surface area contributed by atoms with Gasteiger partial charge in [0.25, 0.3) is 5.89 Å². The smallest absolute Gasteiger partial charge is 0.259 e. The molecule has 0 bridgehead atoms. The summed E-state index contributed by atoms with van der Waals surface area (Å²) in [5.41, 5.74) is 1.60. The summed E-state index contributed by atoms with van der Waals surface area (Å²) in [6.07, 6.45) is 1.64. The first-order valence-corrected chi connectivity index (χ1v) is 11.3. The highest BCUT2D eigenvalue weighted by atomic mass is 35.5. The summed E-state index contributed by atoms with van der Waals surface area (Å²) in [6.45, 7) is 0.484. The van der Waals surface area contributed by atoms with Gasteiger partial charge in [-0.15, -0.1) is 10.2 Å². The number of aromatic nitrogens is 5. The zero-order chi connectivity index (χ0) is 21.9. The summed E-state index contributed by atoms with van der Waals surface area (Å²) < 4.78 is 12.9. The minimum absolute atomic E-state index is 0.380. The van der Waals surface area contributed by atoms with Crippen molar-refractivity contribution in [2.45, 2.75) is 17.5 Å². The van der Waals surface area contributed by atoms with E-state index in [2.05, 4.69) is 20.3 Å². The topological polar surface area (TPSA) is 82.8 Å². The van der Waals surface area contributed by atoms with E-state index in [0.717, 1.165) is 11.3 Å². The first-order valence-electron chi connectivity index (χ1n) is 9.59. The summed E-state index contributed by atoms with van der Waals surface area (Å²) in [7, 11) is 0. The van der Waals surface area contributed by atoms with Crippen LogP contribution >= 0.6 is 35.0 Å². The number of thioether (sulfide) groups is 1. The number of benzene rings is 2. The Labute approximate surface area is 197 Å². The van der Waals surface area contributed by atoms with Gasteiger partial charge in [0, 0.05) is 10.6 Å². The zero-order valence-electron chi connectivity index (χ0n) is 16.5. The lowest BCUT2D eigenvalue weighted by atomic mass is 10.2. The van der Waals surface area contributed by atoms with Crippen molar-refractivity contribution in [2.24, 2.45) is 0 Å². The summed E-state index contributed by atoms with van der Waals surface area (Å²) in [6, 6.07) is 18.6. The highest BCUT2D eigenvalue weighted by Crippen LogP contribution is 2.30. The minimum atomic E-state index is 0.380. The van der Waals surface area contributed by atoms with Gasteiger partial charge >= 0.3 is 0 Å². The molecule has 0 spiro atoms. The highest BCUT2D eigenvalue weighted by Gasteiger charge is 2.18. The van der Waals surface area contributed by atoms with Crippen LogP contribution in [0.15, 0.2) is 81.0 Å². The fourth-order valence-corrected chi connectivity index (χ4v) is 4.22. The molecule has 10 heteroatoms. The highest BCUT2D eigenvalue weighted by molar-refractivity contribution is 7.98. The quantitative estimate of drug-likeness (QED) is 0.253. The average molecular weight is 484 g/mol. The zero-order valence-corrected chi connectivity index (χ0v) is 18.8. The van der Waals surface area contributed by atoms with Gasteiger partial charge in [-0.2, -0.15) is 4.98 Å². The molecule has 3 heterocycles. The fraction of sp³-hybridized carbons (Fsp3) is 0.0909. The first-order chi connectivity index (χ1) is 15.7. The molecule has 0 amide bonds. The summed E-state index contributed by atoms with van der Waals surface area (Å²) in [4.78, 5) is 4.46. The molecule has 5 aromatic rings. The van der Waals surface area contributed by atoms with Crippen LogP contribution in [0, 0.1) is 0 Å². The van der Waals surface area contributed by atoms with Crippen molar-refractivity contribution in [3.8, 4) is 22.8 Å². The second kappa shape index (κ2) is 9.20. The van der Waals surface area contributed by atoms with E-state index in [4.69, 9.17) is 32.1 Å². The van der Waals surface area contributed by atoms with Crippen molar-refractivity contribution in [3.63, 3.8) is 0 Å². The minimum Gasteiger partial charge on any atom is -0.467 e. The van der Waals surface area contributed by atoms with Gasteiger partial charge in [0.1, 0.15) is 5.76 Å². The number of furan rings is 1. The Bertz CT molecular complexity index is 1330. The Balaban J connectivity index is 1.40. The second-order valence-electron chi connectivity index (χ2n) is 6.76. The van der Waals surface area contributed by atoms with Gasteiger partial charge in [-0.3, -0.25) is 4.57 Å². The van der Waals surface area contributed by atoms with Gasteiger partial charge < -0.3 is 8.94 Å². The maximum atomic E-state index is 6.23. The number of rotatable bonds is 7. The Hall–Kier alpha value is -3.07. The van der Waals surface area contributed by atoms with E-state index >= 15 is 0 Å². The van der Waals surface area contributed by atoms with E-state index in [9.17, 15) is 0 Å². The molecule has 0 N–H and O–H groups in total. The molecular formula is C22H15Cl2N5O2S. The van der Waals surface area contributed by atoms with E-state index in [0.29, 0.717) is 50.6 Å². The van der Waals surface area contributed by atoms with Gasteiger partial charge in [0.05, 0.1) is 29.1 Å². The van der Waals surface area contributed by atoms with Crippen LogP contribution in [0.5, 0.6) is 0 Å². The normalized spacial score (nSPS) is 11.2. The monoisotopic (exact) mass is 483 g/mol. The second-order valence-corrected chi connectivity index (χ2v) is 8.55. The van der Waals surface area contributed by atoms with Crippen LogP contribution < -0.4 is 0 Å². The molecule has 0 aliphatic heterocycles. The van der Waals surface area contributed by atoms with Gasteiger partial charge in [-0.25, -0.2) is 0 Å². The molecule has 3 aromatic heterocycles. The van der Waals surface area contributed by atoms with Crippen molar-refractivity contribution in [1.29, 1.82) is 0 Å². The Morgan fingerprint density at radius 3 is 2.56 bits per heavy atom. The third kappa shape index (κ3) is 4.43. The molecule has 0 radical (unpaired) electrons. The van der Waals surface area contributed by atoms with Crippen LogP contribution in [-0.4, -0.2) is 24.9 Å². The van der Waals surface area contributed by atoms with Crippen molar-refractivity contribution in [1.82, 2.24) is 24.9 Å². The number of halogens is 2. The van der Waals surface area contributed by atoms with Crippen molar-refractivity contribution < 1.29 is 8.94 Å². The third-order valence-corrected chi connectivity index (χ3v) is 6.16. The molecule has 0 aliphatic carbocycles. The third-order valence-electron chi connectivity index (χ3n) is 4.62. The number of hydrogen-bond acceptors (Lipinski definition) is 7. The molecule has 160 valence electrons. The lowest BCUT2D eigenvalue weighted by Crippen LogP contribution is -2.03. The molecule has 7 nitrogen and oxygen atoms in total. The summed E-state index contributed by atoms with van der Waals surface area (Å²) >= 11 is 13.7. The van der Waals surface area contributed by atoms with Gasteiger partial charge in [-0.05, 0) is 48.5 Å². The predicted octanol–water partition coefficient (Wildman–Crippen LogP) is 6.24. The first kappa shape index (κ1) is 20.8. The lowest BCUT2D eigenvalue weighted by Gasteiger charge is -2.08. The van der Waals surface area contributed by atoms with Gasteiger partial charge in [0.2, 0.25) is 0 Å². The van der Waals surface area contributed by atoms with Crippen LogP contribution in [0.25, 0.3) is 22.8 Å². The molecular weight excluding hydrogens is 469 g/mol. The summed E-state index contributed by atoms with van der Waals surface area (Å²) in [5, 5.41) is 14.8. The molecule has 0 aliphatic rings. The van der Waals surface area contributed by atoms with Gasteiger partial charge in [0.15, 0.2) is 16.8 Å². The van der Waals surface area contributed by atoms with E-state index < -0.39 is 0 Å². The van der Waals surface area contributed by atoms with E-state index in [1.54, 1.807) is 12.3 Å². The molecule has 2 aromatic carbocycles. The van der Waals surface area contributed by atoms with Crippen molar-refractivity contribution >= 4 is 35.0 Å². The molecule has 5 rings (SSSR count). The maximum Gasteiger partial charge on any atom is 0.259 e. The molecule has 0 saturated heterocycles. The molecule has 0 saturated carbocycles. The number of hydrogen-bond donors (Lipinski definition) is 0. The standard InChI is InChI=1S/C22H15Cl2N5O2S/c23-15-9-7-14(8-10-15)20-26-27-22(29(20)12-16-4-3-11-30-16)32-13-19-25-21(31-28-19)17-5-1-2-6-18(17)24/h1-11H,12-13H2. The molecule has 0 unspecified atom stereocenters. The van der Waals surface area contributed by atoms with Gasteiger partial charge in [-0.1, -0.05) is 52.3 Å². The summed E-state index contributed by atoms with van der Waals surface area (Å²) in [5.74, 6) is 2.87. The van der Waals surface area contributed by atoms with Crippen LogP contribution in [0.4, 0.5) is 0 Å². The largest absolute Gasteiger partial charge is 0.467 e. The van der Waals surface area contributed by atoms with Crippen LogP contribution in [-0.2, 0) is 12.3 Å². The van der Waals surface area contributed by atoms with Crippen LogP contribution in [0.2, 0.25) is 10.0 Å². The Kier molecular flexibility index (Phi) is 5.98. The fourth-order valence-electron chi connectivity index (χ4n) is 3.09. The Morgan fingerprint density at radius 1 is 0.938 bits per heavy atom. The number of nitrogens with zero attached hydrogens (tertiary/aromatic N) is 5. The Morgan fingerprint density at radius 2 is 1.78 bits per heavy atom. The average Bonchev–Trinajstić information content (AvgIpc) is 3.56. The van der Waals surface area contributed by atoms with E-state index in [1.165, 1.54) is 11.8 Å². The molecule has 32 heavy (non-hydrogen) atoms. The van der Waals surface area contributed by atoms with E-state index in [1.807, 2.05) is 59.2 Å². The molecule has 0 fully saturated rings.